The van der Waals surface area contributed by atoms with Gasteiger partial charge in [0.2, 0.25) is 5.91 Å². The number of aryl methyl sites for hydroxylation is 1. The maximum atomic E-state index is 13.0. The van der Waals surface area contributed by atoms with E-state index in [1.165, 1.54) is 42.5 Å². The summed E-state index contributed by atoms with van der Waals surface area (Å²) in [7, 11) is -0.651. The molecule has 0 aliphatic carbocycles. The minimum atomic E-state index is -4.62. The first-order valence-electron chi connectivity index (χ1n) is 8.88. The number of nitrogens with zero attached hydrogens (tertiary/aromatic N) is 4. The number of alkyl halides is 3. The van der Waals surface area contributed by atoms with Crippen LogP contribution in [0, 0.1) is 0 Å². The van der Waals surface area contributed by atoms with Crippen LogP contribution in [0.2, 0.25) is 0 Å². The summed E-state index contributed by atoms with van der Waals surface area (Å²) in [5.41, 5.74) is -0.121. The molecule has 3 aromatic rings. The number of sulfone groups is 1. The molecule has 0 fully saturated rings. The van der Waals surface area contributed by atoms with Crippen molar-refractivity contribution < 1.29 is 26.4 Å². The number of aromatic nitrogens is 3. The molecule has 0 unspecified atom stereocenters. The summed E-state index contributed by atoms with van der Waals surface area (Å²) in [5, 5.41) is 0. The summed E-state index contributed by atoms with van der Waals surface area (Å²) in [4.78, 5) is 20.6. The van der Waals surface area contributed by atoms with Gasteiger partial charge in [0, 0.05) is 32.3 Å². The molecular formula is C19H19F3N4O3S. The average molecular weight is 440 g/mol. The third-order valence-electron chi connectivity index (χ3n) is 4.84. The van der Waals surface area contributed by atoms with Crippen molar-refractivity contribution in [3.8, 4) is 11.4 Å². The van der Waals surface area contributed by atoms with Gasteiger partial charge in [0.05, 0.1) is 27.9 Å². The molecule has 1 amide bonds. The molecule has 30 heavy (non-hydrogen) atoms. The Morgan fingerprint density at radius 1 is 1.23 bits per heavy atom. The van der Waals surface area contributed by atoms with Gasteiger partial charge in [-0.15, -0.1) is 0 Å². The van der Waals surface area contributed by atoms with Gasteiger partial charge < -0.3 is 9.47 Å². The van der Waals surface area contributed by atoms with E-state index in [9.17, 15) is 26.4 Å². The normalized spacial score (nSPS) is 12.4. The summed E-state index contributed by atoms with van der Waals surface area (Å²) in [6.45, 7) is 2.83. The fourth-order valence-electron chi connectivity index (χ4n) is 2.98. The standard InChI is InChI=1S/C19H19F3N4O3S/c1-5-30(28,29)16-8-12(25(3)11(2)27)6-7-13(16)18-24-14-9-17(19(20,21)22)23-10-15(14)26(18)4/h6-10H,5H2,1-4H3. The Bertz CT molecular complexity index is 1250. The highest BCUT2D eigenvalue weighted by molar-refractivity contribution is 7.91. The molecule has 2 heterocycles. The van der Waals surface area contributed by atoms with Gasteiger partial charge in [-0.05, 0) is 24.3 Å². The van der Waals surface area contributed by atoms with Gasteiger partial charge in [-0.1, -0.05) is 6.92 Å². The van der Waals surface area contributed by atoms with Crippen molar-refractivity contribution in [3.63, 3.8) is 0 Å². The summed E-state index contributed by atoms with van der Waals surface area (Å²) in [6.07, 6.45) is -3.57. The summed E-state index contributed by atoms with van der Waals surface area (Å²) in [6, 6.07) is 5.25. The van der Waals surface area contributed by atoms with E-state index in [0.29, 0.717) is 11.2 Å². The molecule has 0 N–H and O–H groups in total. The van der Waals surface area contributed by atoms with Gasteiger partial charge in [-0.25, -0.2) is 18.4 Å². The van der Waals surface area contributed by atoms with Crippen molar-refractivity contribution in [1.29, 1.82) is 0 Å². The highest BCUT2D eigenvalue weighted by Crippen LogP contribution is 2.34. The van der Waals surface area contributed by atoms with E-state index in [4.69, 9.17) is 0 Å². The highest BCUT2D eigenvalue weighted by atomic mass is 32.2. The van der Waals surface area contributed by atoms with Crippen molar-refractivity contribution in [2.45, 2.75) is 24.9 Å². The number of carbonyl (C=O) groups excluding carboxylic acids is 1. The first kappa shape index (κ1) is 21.8. The molecule has 0 saturated heterocycles. The monoisotopic (exact) mass is 440 g/mol. The Hall–Kier alpha value is -2.95. The Balaban J connectivity index is 2.28. The molecular weight excluding hydrogens is 421 g/mol. The van der Waals surface area contributed by atoms with Gasteiger partial charge in [0.1, 0.15) is 11.5 Å². The number of imidazole rings is 1. The van der Waals surface area contributed by atoms with E-state index in [0.717, 1.165) is 12.3 Å². The first-order valence-corrected chi connectivity index (χ1v) is 10.5. The number of rotatable bonds is 4. The predicted molar refractivity (Wildman–Crippen MR) is 106 cm³/mol. The Kier molecular flexibility index (Phi) is 5.35. The SMILES string of the molecule is CCS(=O)(=O)c1cc(N(C)C(C)=O)ccc1-c1nc2cc(C(F)(F)F)ncc2n1C. The van der Waals surface area contributed by atoms with E-state index < -0.39 is 21.7 Å². The molecule has 0 saturated carbocycles. The van der Waals surface area contributed by atoms with Gasteiger partial charge in [-0.3, -0.25) is 4.79 Å². The van der Waals surface area contributed by atoms with Crippen molar-refractivity contribution in [2.24, 2.45) is 7.05 Å². The van der Waals surface area contributed by atoms with Gasteiger partial charge in [-0.2, -0.15) is 13.2 Å². The van der Waals surface area contributed by atoms with Gasteiger partial charge in [0.15, 0.2) is 9.84 Å². The van der Waals surface area contributed by atoms with Crippen LogP contribution in [-0.4, -0.2) is 41.7 Å². The lowest BCUT2D eigenvalue weighted by Gasteiger charge is -2.18. The molecule has 0 spiro atoms. The molecule has 0 atom stereocenters. The number of fused-ring (bicyclic) bond motifs is 1. The number of halogens is 3. The second-order valence-electron chi connectivity index (χ2n) is 6.71. The highest BCUT2D eigenvalue weighted by Gasteiger charge is 2.33. The fourth-order valence-corrected chi connectivity index (χ4v) is 4.09. The second kappa shape index (κ2) is 7.38. The molecule has 160 valence electrons. The second-order valence-corrected chi connectivity index (χ2v) is 8.96. The largest absolute Gasteiger partial charge is 0.433 e. The van der Waals surface area contributed by atoms with E-state index in [2.05, 4.69) is 9.97 Å². The van der Waals surface area contributed by atoms with Crippen molar-refractivity contribution in [1.82, 2.24) is 14.5 Å². The number of amides is 1. The van der Waals surface area contributed by atoms with Gasteiger partial charge in [0.25, 0.3) is 0 Å². The number of pyridine rings is 1. The molecule has 11 heteroatoms. The zero-order valence-corrected chi connectivity index (χ0v) is 17.5. The third-order valence-corrected chi connectivity index (χ3v) is 6.61. The lowest BCUT2D eigenvalue weighted by atomic mass is 10.2. The molecule has 0 aliphatic heterocycles. The number of hydrogen-bond donors (Lipinski definition) is 0. The Morgan fingerprint density at radius 2 is 1.90 bits per heavy atom. The fraction of sp³-hybridized carbons (Fsp3) is 0.316. The van der Waals surface area contributed by atoms with Crippen LogP contribution in [0.25, 0.3) is 22.4 Å². The maximum absolute atomic E-state index is 13.0. The van der Waals surface area contributed by atoms with E-state index in [1.54, 1.807) is 13.1 Å². The van der Waals surface area contributed by atoms with E-state index in [1.807, 2.05) is 0 Å². The van der Waals surface area contributed by atoms with E-state index in [-0.39, 0.29) is 33.5 Å². The molecule has 0 aliphatic rings. The van der Waals surface area contributed by atoms with Crippen LogP contribution >= 0.6 is 0 Å². The minimum Gasteiger partial charge on any atom is -0.326 e. The molecule has 3 rings (SSSR count). The van der Waals surface area contributed by atoms with E-state index >= 15 is 0 Å². The van der Waals surface area contributed by atoms with Crippen LogP contribution in [-0.2, 0) is 27.9 Å². The molecule has 0 bridgehead atoms. The number of carbonyl (C=O) groups is 1. The molecule has 0 radical (unpaired) electrons. The zero-order chi connectivity index (χ0) is 22.4. The topological polar surface area (TPSA) is 85.2 Å². The number of benzene rings is 1. The smallest absolute Gasteiger partial charge is 0.326 e. The van der Waals surface area contributed by atoms with Crippen LogP contribution < -0.4 is 4.90 Å². The molecule has 2 aromatic heterocycles. The quantitative estimate of drug-likeness (QED) is 0.621. The van der Waals surface area contributed by atoms with Crippen LogP contribution in [0.4, 0.5) is 18.9 Å². The van der Waals surface area contributed by atoms with Crippen molar-refractivity contribution >= 4 is 32.5 Å². The molecule has 1 aromatic carbocycles. The van der Waals surface area contributed by atoms with Crippen LogP contribution in [0.3, 0.4) is 0 Å². The van der Waals surface area contributed by atoms with Crippen molar-refractivity contribution in [3.05, 3.63) is 36.2 Å². The predicted octanol–water partition coefficient (Wildman–Crippen LogP) is 3.43. The average Bonchev–Trinajstić information content (AvgIpc) is 3.02. The Morgan fingerprint density at radius 3 is 2.47 bits per heavy atom. The lowest BCUT2D eigenvalue weighted by molar-refractivity contribution is -0.141. The minimum absolute atomic E-state index is 0.0413. The summed E-state index contributed by atoms with van der Waals surface area (Å²) < 4.78 is 66.0. The van der Waals surface area contributed by atoms with Gasteiger partial charge >= 0.3 is 6.18 Å². The Labute approximate surface area is 171 Å². The van der Waals surface area contributed by atoms with Crippen LogP contribution in [0.15, 0.2) is 35.4 Å². The first-order chi connectivity index (χ1) is 13.9. The maximum Gasteiger partial charge on any atom is 0.433 e. The third kappa shape index (κ3) is 3.76. The lowest BCUT2D eigenvalue weighted by Crippen LogP contribution is -2.23. The summed E-state index contributed by atoms with van der Waals surface area (Å²) >= 11 is 0. The van der Waals surface area contributed by atoms with Crippen LogP contribution in [0.5, 0.6) is 0 Å². The van der Waals surface area contributed by atoms with Crippen molar-refractivity contribution in [2.75, 3.05) is 17.7 Å². The summed E-state index contributed by atoms with van der Waals surface area (Å²) in [5.74, 6) is -0.303. The zero-order valence-electron chi connectivity index (χ0n) is 16.6. The number of hydrogen-bond acceptors (Lipinski definition) is 5. The number of anilines is 1. The molecule has 7 nitrogen and oxygen atoms in total. The van der Waals surface area contributed by atoms with Crippen LogP contribution in [0.1, 0.15) is 19.5 Å².